The molecule has 1 saturated carbocycles. The Labute approximate surface area is 213 Å². The average Bonchev–Trinajstić information content (AvgIpc) is 3.37. The normalized spacial score (nSPS) is 14.7. The minimum Gasteiger partial charge on any atom is -0.497 e. The molecule has 2 amide bonds. The van der Waals surface area contributed by atoms with Gasteiger partial charge in [0.15, 0.2) is 0 Å². The summed E-state index contributed by atoms with van der Waals surface area (Å²) in [5.41, 5.74) is 1.06. The van der Waals surface area contributed by atoms with Crippen LogP contribution >= 0.6 is 0 Å². The number of amides is 2. The Morgan fingerprint density at radius 3 is 2.25 bits per heavy atom. The monoisotopic (exact) mass is 517 g/mol. The first-order valence-electron chi connectivity index (χ1n) is 12.0. The predicted molar refractivity (Wildman–Crippen MR) is 139 cm³/mol. The summed E-state index contributed by atoms with van der Waals surface area (Å²) in [6.07, 6.45) is 5.01. The van der Waals surface area contributed by atoms with Crippen LogP contribution in [0.2, 0.25) is 0 Å². The van der Waals surface area contributed by atoms with Crippen molar-refractivity contribution in [2.75, 3.05) is 31.3 Å². The van der Waals surface area contributed by atoms with E-state index in [2.05, 4.69) is 5.32 Å². The number of sulfonamides is 1. The summed E-state index contributed by atoms with van der Waals surface area (Å²) in [4.78, 5) is 28.2. The Bertz CT molecular complexity index is 1160. The SMILES string of the molecule is COc1cccc(CN(C(=O)CN(c2cccc(OC)c2)S(C)(=O)=O)[C@@H](C)C(=O)NC2CCCC2)c1. The number of hydrogen-bond acceptors (Lipinski definition) is 6. The summed E-state index contributed by atoms with van der Waals surface area (Å²) in [5, 5.41) is 3.05. The van der Waals surface area contributed by atoms with Crippen molar-refractivity contribution in [3.63, 3.8) is 0 Å². The Morgan fingerprint density at radius 1 is 1.03 bits per heavy atom. The van der Waals surface area contributed by atoms with Crippen molar-refractivity contribution in [1.82, 2.24) is 10.2 Å². The van der Waals surface area contributed by atoms with E-state index >= 15 is 0 Å². The van der Waals surface area contributed by atoms with Crippen LogP contribution in [0.3, 0.4) is 0 Å². The molecular formula is C26H35N3O6S. The summed E-state index contributed by atoms with van der Waals surface area (Å²) in [7, 11) is -0.775. The molecule has 10 heteroatoms. The lowest BCUT2D eigenvalue weighted by molar-refractivity contribution is -0.139. The van der Waals surface area contributed by atoms with Gasteiger partial charge < -0.3 is 19.7 Å². The number of anilines is 1. The summed E-state index contributed by atoms with van der Waals surface area (Å²) in [5.74, 6) is 0.328. The van der Waals surface area contributed by atoms with Crippen LogP contribution in [0.1, 0.15) is 38.2 Å². The fraction of sp³-hybridized carbons (Fsp3) is 0.462. The maximum atomic E-state index is 13.6. The van der Waals surface area contributed by atoms with Crippen LogP contribution < -0.4 is 19.1 Å². The quantitative estimate of drug-likeness (QED) is 0.491. The van der Waals surface area contributed by atoms with Crippen molar-refractivity contribution in [2.45, 2.75) is 51.2 Å². The third-order valence-corrected chi connectivity index (χ3v) is 7.52. The third-order valence-electron chi connectivity index (χ3n) is 6.38. The molecular weight excluding hydrogens is 482 g/mol. The van der Waals surface area contributed by atoms with Gasteiger partial charge in [0.25, 0.3) is 0 Å². The molecule has 0 saturated heterocycles. The van der Waals surface area contributed by atoms with E-state index in [4.69, 9.17) is 9.47 Å². The highest BCUT2D eigenvalue weighted by Gasteiger charge is 2.31. The van der Waals surface area contributed by atoms with Crippen LogP contribution in [0.25, 0.3) is 0 Å². The molecule has 1 aliphatic rings. The molecule has 1 N–H and O–H groups in total. The maximum Gasteiger partial charge on any atom is 0.244 e. The number of ether oxygens (including phenoxy) is 2. The van der Waals surface area contributed by atoms with E-state index in [1.54, 1.807) is 56.5 Å². The molecule has 36 heavy (non-hydrogen) atoms. The number of nitrogens with zero attached hydrogens (tertiary/aromatic N) is 2. The minimum atomic E-state index is -3.81. The van der Waals surface area contributed by atoms with Gasteiger partial charge in [0.1, 0.15) is 24.1 Å². The number of methoxy groups -OCH3 is 2. The highest BCUT2D eigenvalue weighted by molar-refractivity contribution is 7.92. The molecule has 0 aliphatic heterocycles. The van der Waals surface area contributed by atoms with Gasteiger partial charge in [-0.25, -0.2) is 8.42 Å². The van der Waals surface area contributed by atoms with Crippen molar-refractivity contribution in [2.24, 2.45) is 0 Å². The van der Waals surface area contributed by atoms with E-state index in [1.807, 2.05) is 6.07 Å². The van der Waals surface area contributed by atoms with E-state index < -0.39 is 28.5 Å². The second kappa shape index (κ2) is 12.1. The first kappa shape index (κ1) is 27.3. The van der Waals surface area contributed by atoms with Gasteiger partial charge in [0.05, 0.1) is 26.2 Å². The van der Waals surface area contributed by atoms with Crippen molar-refractivity contribution < 1.29 is 27.5 Å². The van der Waals surface area contributed by atoms with Gasteiger partial charge in [0, 0.05) is 18.7 Å². The van der Waals surface area contributed by atoms with Gasteiger partial charge in [0.2, 0.25) is 21.8 Å². The molecule has 9 nitrogen and oxygen atoms in total. The lowest BCUT2D eigenvalue weighted by atomic mass is 10.1. The van der Waals surface area contributed by atoms with E-state index in [0.717, 1.165) is 41.8 Å². The van der Waals surface area contributed by atoms with Gasteiger partial charge in [-0.2, -0.15) is 0 Å². The highest BCUT2D eigenvalue weighted by atomic mass is 32.2. The fourth-order valence-corrected chi connectivity index (χ4v) is 5.16. The van der Waals surface area contributed by atoms with Gasteiger partial charge in [-0.3, -0.25) is 13.9 Å². The topological polar surface area (TPSA) is 105 Å². The summed E-state index contributed by atoms with van der Waals surface area (Å²) >= 11 is 0. The molecule has 0 radical (unpaired) electrons. The lowest BCUT2D eigenvalue weighted by Crippen LogP contribution is -2.52. The maximum absolute atomic E-state index is 13.6. The van der Waals surface area contributed by atoms with Crippen LogP contribution in [-0.2, 0) is 26.2 Å². The van der Waals surface area contributed by atoms with Gasteiger partial charge in [-0.1, -0.05) is 31.0 Å². The third kappa shape index (κ3) is 7.13. The van der Waals surface area contributed by atoms with Crippen LogP contribution in [0.4, 0.5) is 5.69 Å². The van der Waals surface area contributed by atoms with Crippen molar-refractivity contribution in [3.05, 3.63) is 54.1 Å². The smallest absolute Gasteiger partial charge is 0.244 e. The number of rotatable bonds is 11. The molecule has 2 aromatic rings. The van der Waals surface area contributed by atoms with Crippen LogP contribution in [0.15, 0.2) is 48.5 Å². The van der Waals surface area contributed by atoms with Gasteiger partial charge >= 0.3 is 0 Å². The molecule has 1 aliphatic carbocycles. The second-order valence-electron chi connectivity index (χ2n) is 9.01. The largest absolute Gasteiger partial charge is 0.497 e. The average molecular weight is 518 g/mol. The summed E-state index contributed by atoms with van der Waals surface area (Å²) in [6, 6.07) is 13.0. The second-order valence-corrected chi connectivity index (χ2v) is 10.9. The summed E-state index contributed by atoms with van der Waals surface area (Å²) in [6.45, 7) is 1.32. The molecule has 0 heterocycles. The first-order valence-corrected chi connectivity index (χ1v) is 13.8. The van der Waals surface area contributed by atoms with E-state index in [1.165, 1.54) is 12.0 Å². The first-order chi connectivity index (χ1) is 17.1. The molecule has 2 aromatic carbocycles. The number of benzene rings is 2. The number of nitrogens with one attached hydrogen (secondary N) is 1. The van der Waals surface area contributed by atoms with Crippen LogP contribution in [0, 0.1) is 0 Å². The zero-order chi connectivity index (χ0) is 26.3. The van der Waals surface area contributed by atoms with Crippen LogP contribution in [0.5, 0.6) is 11.5 Å². The van der Waals surface area contributed by atoms with E-state index in [0.29, 0.717) is 17.2 Å². The Balaban J connectivity index is 1.90. The lowest BCUT2D eigenvalue weighted by Gasteiger charge is -2.32. The molecule has 0 aromatic heterocycles. The zero-order valence-electron chi connectivity index (χ0n) is 21.3. The molecule has 0 spiro atoms. The minimum absolute atomic E-state index is 0.0954. The Hall–Kier alpha value is -3.27. The number of carbonyl (C=O) groups excluding carboxylic acids is 2. The zero-order valence-corrected chi connectivity index (χ0v) is 22.1. The van der Waals surface area contributed by atoms with Crippen LogP contribution in [-0.4, -0.2) is 64.2 Å². The molecule has 196 valence electrons. The van der Waals surface area contributed by atoms with E-state index in [9.17, 15) is 18.0 Å². The molecule has 0 bridgehead atoms. The molecule has 3 rings (SSSR count). The standard InChI is InChI=1S/C26H35N3O6S/c1-19(26(31)27-21-10-5-6-11-21)28(17-20-9-7-13-23(15-20)34-2)25(30)18-29(36(4,32)33)22-12-8-14-24(16-22)35-3/h7-9,12-16,19,21H,5-6,10-11,17-18H2,1-4H3,(H,27,31)/t19-/m0/s1. The van der Waals surface area contributed by atoms with Crippen molar-refractivity contribution >= 4 is 27.5 Å². The van der Waals surface area contributed by atoms with Crippen molar-refractivity contribution in [3.8, 4) is 11.5 Å². The van der Waals surface area contributed by atoms with Gasteiger partial charge in [-0.05, 0) is 49.6 Å². The predicted octanol–water partition coefficient (Wildman–Crippen LogP) is 2.95. The fourth-order valence-electron chi connectivity index (χ4n) is 4.32. The number of hydrogen-bond donors (Lipinski definition) is 1. The van der Waals surface area contributed by atoms with Gasteiger partial charge in [-0.15, -0.1) is 0 Å². The van der Waals surface area contributed by atoms with E-state index in [-0.39, 0.29) is 18.5 Å². The highest BCUT2D eigenvalue weighted by Crippen LogP contribution is 2.24. The molecule has 1 atom stereocenters. The van der Waals surface area contributed by atoms with Crippen molar-refractivity contribution in [1.29, 1.82) is 0 Å². The summed E-state index contributed by atoms with van der Waals surface area (Å²) < 4.78 is 36.9. The number of carbonyl (C=O) groups is 2. The molecule has 0 unspecified atom stereocenters. The molecule has 1 fully saturated rings. The Morgan fingerprint density at radius 2 is 1.64 bits per heavy atom. The Kier molecular flexibility index (Phi) is 9.19.